The Kier molecular flexibility index (Phi) is 6.79. The third-order valence-corrected chi connectivity index (χ3v) is 3.35. The molecule has 120 valence electrons. The molecule has 0 spiro atoms. The van der Waals surface area contributed by atoms with E-state index in [1.165, 1.54) is 27.4 Å². The normalized spacial score (nSPS) is 12.1. The largest absolute Gasteiger partial charge is 0.507 e. The lowest BCUT2D eigenvalue weighted by molar-refractivity contribution is -0.152. The number of aromatic hydroxyl groups is 1. The summed E-state index contributed by atoms with van der Waals surface area (Å²) in [4.78, 5) is 11.8. The number of hydrogen-bond acceptors (Lipinski definition) is 6. The Labute approximate surface area is 130 Å². The molecular weight excluding hydrogens is 298 g/mol. The molecule has 1 atom stereocenters. The van der Waals surface area contributed by atoms with Gasteiger partial charge in [-0.25, -0.2) is 0 Å². The molecule has 1 rings (SSSR count). The van der Waals surface area contributed by atoms with E-state index in [0.717, 1.165) is 0 Å². The molecule has 0 unspecified atom stereocenters. The van der Waals surface area contributed by atoms with Crippen LogP contribution in [-0.2, 0) is 9.53 Å². The molecule has 7 heteroatoms. The smallest absolute Gasteiger partial charge is 0.313 e. The summed E-state index contributed by atoms with van der Waals surface area (Å²) in [6.07, 6.45) is 0. The number of halogens is 1. The van der Waals surface area contributed by atoms with E-state index in [0.29, 0.717) is 17.1 Å². The van der Waals surface area contributed by atoms with Crippen molar-refractivity contribution in [2.24, 2.45) is 11.1 Å². The van der Waals surface area contributed by atoms with Gasteiger partial charge in [-0.15, -0.1) is 12.4 Å². The Bertz CT molecular complexity index is 504. The van der Waals surface area contributed by atoms with Crippen molar-refractivity contribution in [3.8, 4) is 17.2 Å². The maximum absolute atomic E-state index is 11.8. The van der Waals surface area contributed by atoms with Crippen LogP contribution in [-0.4, -0.2) is 32.4 Å². The molecule has 0 saturated heterocycles. The third kappa shape index (κ3) is 3.71. The maximum atomic E-state index is 11.8. The van der Waals surface area contributed by atoms with Gasteiger partial charge in [-0.1, -0.05) is 0 Å². The van der Waals surface area contributed by atoms with Gasteiger partial charge in [0.15, 0.2) is 0 Å². The molecule has 0 aromatic heterocycles. The Morgan fingerprint density at radius 3 is 2.24 bits per heavy atom. The molecule has 0 amide bonds. The van der Waals surface area contributed by atoms with E-state index in [1.54, 1.807) is 19.9 Å². The van der Waals surface area contributed by atoms with Crippen LogP contribution >= 0.6 is 12.4 Å². The predicted octanol–water partition coefficient (Wildman–Crippen LogP) is 2.03. The van der Waals surface area contributed by atoms with E-state index in [-0.39, 0.29) is 18.2 Å². The lowest BCUT2D eigenvalue weighted by atomic mass is 9.80. The van der Waals surface area contributed by atoms with Crippen LogP contribution in [0.1, 0.15) is 25.5 Å². The maximum Gasteiger partial charge on any atom is 0.313 e. The number of benzene rings is 1. The number of rotatable bonds is 5. The van der Waals surface area contributed by atoms with Crippen molar-refractivity contribution in [3.63, 3.8) is 0 Å². The molecule has 0 radical (unpaired) electrons. The average molecular weight is 320 g/mol. The monoisotopic (exact) mass is 319 g/mol. The van der Waals surface area contributed by atoms with Crippen molar-refractivity contribution in [2.45, 2.75) is 19.9 Å². The number of phenols is 1. The summed E-state index contributed by atoms with van der Waals surface area (Å²) < 4.78 is 15.0. The molecule has 1 aromatic rings. The number of carbonyl (C=O) groups is 1. The standard InChI is InChI=1S/C14H21NO5.ClH/c1-14(2,13(17)20-5)12(15)11-9(16)6-8(18-3)7-10(11)19-4;/h6-7,12,16H,15H2,1-5H3;1H/t12-;/m1./s1. The molecule has 0 saturated carbocycles. The fraction of sp³-hybridized carbons (Fsp3) is 0.500. The minimum atomic E-state index is -1.02. The first-order chi connectivity index (χ1) is 9.29. The number of carbonyl (C=O) groups excluding carboxylic acids is 1. The third-order valence-electron chi connectivity index (χ3n) is 3.35. The predicted molar refractivity (Wildman–Crippen MR) is 81.2 cm³/mol. The van der Waals surface area contributed by atoms with Crippen LogP contribution in [0.2, 0.25) is 0 Å². The average Bonchev–Trinajstić information content (AvgIpc) is 2.44. The zero-order valence-corrected chi connectivity index (χ0v) is 13.6. The summed E-state index contributed by atoms with van der Waals surface area (Å²) in [5.74, 6) is 0.227. The van der Waals surface area contributed by atoms with Crippen LogP contribution in [0.4, 0.5) is 0 Å². The zero-order chi connectivity index (χ0) is 15.5. The van der Waals surface area contributed by atoms with Crippen molar-refractivity contribution < 1.29 is 24.1 Å². The first-order valence-electron chi connectivity index (χ1n) is 6.08. The topological polar surface area (TPSA) is 91.0 Å². The molecule has 0 fully saturated rings. The first kappa shape index (κ1) is 19.3. The van der Waals surface area contributed by atoms with Crippen molar-refractivity contribution in [3.05, 3.63) is 17.7 Å². The molecule has 0 aliphatic heterocycles. The molecular formula is C14H22ClNO5. The SMILES string of the molecule is COC(=O)C(C)(C)[C@H](N)c1c(O)cc(OC)cc1OC.Cl. The second-order valence-corrected chi connectivity index (χ2v) is 4.95. The molecule has 6 nitrogen and oxygen atoms in total. The molecule has 0 heterocycles. The molecule has 1 aromatic carbocycles. The number of phenolic OH excluding ortho intramolecular Hbond substituents is 1. The highest BCUT2D eigenvalue weighted by atomic mass is 35.5. The van der Waals surface area contributed by atoms with Crippen molar-refractivity contribution in [1.29, 1.82) is 0 Å². The number of nitrogens with two attached hydrogens (primary N) is 1. The Morgan fingerprint density at radius 1 is 1.24 bits per heavy atom. The summed E-state index contributed by atoms with van der Waals surface area (Å²) in [6.45, 7) is 3.29. The van der Waals surface area contributed by atoms with Crippen LogP contribution in [0.3, 0.4) is 0 Å². The highest BCUT2D eigenvalue weighted by Crippen LogP contribution is 2.43. The Morgan fingerprint density at radius 2 is 1.81 bits per heavy atom. The summed E-state index contributed by atoms with van der Waals surface area (Å²) in [6, 6.07) is 2.23. The summed E-state index contributed by atoms with van der Waals surface area (Å²) in [7, 11) is 4.23. The molecule has 21 heavy (non-hydrogen) atoms. The Balaban J connectivity index is 0.00000400. The van der Waals surface area contributed by atoms with Gasteiger partial charge in [-0.2, -0.15) is 0 Å². The molecule has 0 aliphatic carbocycles. The van der Waals surface area contributed by atoms with Gasteiger partial charge in [0.2, 0.25) is 0 Å². The number of ether oxygens (including phenoxy) is 3. The summed E-state index contributed by atoms with van der Waals surface area (Å²) in [5, 5.41) is 10.1. The fourth-order valence-corrected chi connectivity index (χ4v) is 1.94. The second-order valence-electron chi connectivity index (χ2n) is 4.95. The Hall–Kier alpha value is -1.66. The van der Waals surface area contributed by atoms with Gasteiger partial charge in [0.1, 0.15) is 17.2 Å². The first-order valence-corrected chi connectivity index (χ1v) is 6.08. The van der Waals surface area contributed by atoms with Gasteiger partial charge >= 0.3 is 5.97 Å². The quantitative estimate of drug-likeness (QED) is 0.807. The van der Waals surface area contributed by atoms with Gasteiger partial charge in [0.05, 0.1) is 38.3 Å². The van der Waals surface area contributed by atoms with Gasteiger partial charge in [0.25, 0.3) is 0 Å². The van der Waals surface area contributed by atoms with E-state index in [9.17, 15) is 9.90 Å². The van der Waals surface area contributed by atoms with Crippen LogP contribution in [0.25, 0.3) is 0 Å². The minimum absolute atomic E-state index is 0. The van der Waals surface area contributed by atoms with E-state index in [1.807, 2.05) is 0 Å². The minimum Gasteiger partial charge on any atom is -0.507 e. The van der Waals surface area contributed by atoms with Crippen LogP contribution in [0.15, 0.2) is 12.1 Å². The van der Waals surface area contributed by atoms with Crippen LogP contribution < -0.4 is 15.2 Å². The molecule has 0 bridgehead atoms. The number of hydrogen-bond donors (Lipinski definition) is 2. The highest BCUT2D eigenvalue weighted by molar-refractivity contribution is 5.85. The van der Waals surface area contributed by atoms with Gasteiger partial charge in [-0.05, 0) is 13.8 Å². The number of esters is 1. The number of methoxy groups -OCH3 is 3. The van der Waals surface area contributed by atoms with Crippen molar-refractivity contribution in [1.82, 2.24) is 0 Å². The lowest BCUT2D eigenvalue weighted by Gasteiger charge is -2.30. The second kappa shape index (κ2) is 7.38. The van der Waals surface area contributed by atoms with Crippen molar-refractivity contribution in [2.75, 3.05) is 21.3 Å². The van der Waals surface area contributed by atoms with E-state index >= 15 is 0 Å². The highest BCUT2D eigenvalue weighted by Gasteiger charge is 2.39. The van der Waals surface area contributed by atoms with Crippen molar-refractivity contribution >= 4 is 18.4 Å². The van der Waals surface area contributed by atoms with E-state index in [2.05, 4.69) is 0 Å². The van der Waals surface area contributed by atoms with Gasteiger partial charge in [0, 0.05) is 12.1 Å². The van der Waals surface area contributed by atoms with Crippen LogP contribution in [0.5, 0.6) is 17.2 Å². The lowest BCUT2D eigenvalue weighted by Crippen LogP contribution is -2.37. The van der Waals surface area contributed by atoms with E-state index < -0.39 is 17.4 Å². The van der Waals surface area contributed by atoms with Gasteiger partial charge < -0.3 is 25.1 Å². The molecule has 3 N–H and O–H groups in total. The molecule has 0 aliphatic rings. The van der Waals surface area contributed by atoms with Crippen LogP contribution in [0, 0.1) is 5.41 Å². The zero-order valence-electron chi connectivity index (χ0n) is 12.8. The summed E-state index contributed by atoms with van der Waals surface area (Å²) in [5.41, 5.74) is 5.45. The van der Waals surface area contributed by atoms with Gasteiger partial charge in [-0.3, -0.25) is 4.79 Å². The fourth-order valence-electron chi connectivity index (χ4n) is 1.94. The summed E-state index contributed by atoms with van der Waals surface area (Å²) >= 11 is 0. The van der Waals surface area contributed by atoms with E-state index in [4.69, 9.17) is 19.9 Å².